The maximum atomic E-state index is 13.6. The van der Waals surface area contributed by atoms with Crippen molar-refractivity contribution < 1.29 is 13.9 Å². The van der Waals surface area contributed by atoms with Crippen LogP contribution in [0, 0.1) is 0 Å². The fourth-order valence-corrected chi connectivity index (χ4v) is 5.16. The van der Waals surface area contributed by atoms with Gasteiger partial charge in [-0.2, -0.15) is 0 Å². The summed E-state index contributed by atoms with van der Waals surface area (Å²) in [6.45, 7) is 9.49. The van der Waals surface area contributed by atoms with Crippen LogP contribution in [0.3, 0.4) is 0 Å². The van der Waals surface area contributed by atoms with Crippen LogP contribution in [0.4, 0.5) is 5.88 Å². The summed E-state index contributed by atoms with van der Waals surface area (Å²) in [7, 11) is 0. The molecule has 1 aliphatic heterocycles. The zero-order valence-electron chi connectivity index (χ0n) is 19.5. The molecule has 0 unspecified atom stereocenters. The quantitative estimate of drug-likeness (QED) is 0.461. The Hall–Kier alpha value is -3.10. The second-order valence-electron chi connectivity index (χ2n) is 7.70. The third-order valence-electron chi connectivity index (χ3n) is 5.66. The van der Waals surface area contributed by atoms with Gasteiger partial charge in [-0.3, -0.25) is 9.36 Å². The maximum absolute atomic E-state index is 13.6. The Bertz CT molecular complexity index is 1410. The summed E-state index contributed by atoms with van der Waals surface area (Å²) in [4.78, 5) is 33.7. The Kier molecular flexibility index (Phi) is 7.09. The van der Waals surface area contributed by atoms with Crippen LogP contribution in [0.25, 0.3) is 6.08 Å². The van der Waals surface area contributed by atoms with Crippen molar-refractivity contribution in [2.75, 3.05) is 24.6 Å². The molecule has 0 N–H and O–H groups in total. The van der Waals surface area contributed by atoms with Crippen LogP contribution in [0.1, 0.15) is 45.1 Å². The minimum absolute atomic E-state index is 0.223. The van der Waals surface area contributed by atoms with Crippen LogP contribution in [0.5, 0.6) is 0 Å². The van der Waals surface area contributed by atoms with Crippen molar-refractivity contribution in [1.82, 2.24) is 4.57 Å². The number of aromatic nitrogens is 1. The number of thiazole rings is 1. The van der Waals surface area contributed by atoms with E-state index in [1.54, 1.807) is 36.6 Å². The fraction of sp³-hybridized carbons (Fsp3) is 0.320. The van der Waals surface area contributed by atoms with Crippen molar-refractivity contribution in [2.24, 2.45) is 4.99 Å². The van der Waals surface area contributed by atoms with Gasteiger partial charge in [-0.05, 0) is 51.5 Å². The van der Waals surface area contributed by atoms with Crippen LogP contribution >= 0.6 is 22.9 Å². The SMILES string of the molecule is CCOC(=O)C1=C(C)N=c2sc(=Cc3ccc(N(CC)CC)o3)c(=O)n2[C@@H]1c1ccc(Cl)cc1. The van der Waals surface area contributed by atoms with Crippen molar-refractivity contribution in [1.29, 1.82) is 0 Å². The van der Waals surface area contributed by atoms with E-state index in [0.717, 1.165) is 24.5 Å². The predicted octanol–water partition coefficient (Wildman–Crippen LogP) is 3.89. The first kappa shape index (κ1) is 24.0. The first-order valence-corrected chi connectivity index (χ1v) is 12.4. The van der Waals surface area contributed by atoms with Gasteiger partial charge in [0.05, 0.1) is 28.5 Å². The van der Waals surface area contributed by atoms with Crippen molar-refractivity contribution in [3.05, 3.63) is 83.7 Å². The number of hydrogen-bond acceptors (Lipinski definition) is 7. The number of carbonyl (C=O) groups is 1. The molecular weight excluding hydrogens is 474 g/mol. The largest absolute Gasteiger partial charge is 0.463 e. The molecule has 0 radical (unpaired) electrons. The van der Waals surface area contributed by atoms with E-state index in [-0.39, 0.29) is 12.2 Å². The van der Waals surface area contributed by atoms with Gasteiger partial charge < -0.3 is 14.1 Å². The van der Waals surface area contributed by atoms with Crippen LogP contribution in [-0.2, 0) is 9.53 Å². The molecule has 0 fully saturated rings. The van der Waals surface area contributed by atoms with Gasteiger partial charge in [-0.15, -0.1) is 0 Å². The summed E-state index contributed by atoms with van der Waals surface area (Å²) in [6, 6.07) is 10.2. The number of allylic oxidation sites excluding steroid dienone is 1. The number of furan rings is 1. The van der Waals surface area contributed by atoms with Gasteiger partial charge in [-0.25, -0.2) is 9.79 Å². The van der Waals surface area contributed by atoms with Gasteiger partial charge in [0.15, 0.2) is 10.7 Å². The highest BCUT2D eigenvalue weighted by atomic mass is 35.5. The fourth-order valence-electron chi connectivity index (χ4n) is 4.01. The van der Waals surface area contributed by atoms with Gasteiger partial charge in [0.1, 0.15) is 5.76 Å². The number of halogens is 1. The van der Waals surface area contributed by atoms with Gasteiger partial charge in [0.2, 0.25) is 0 Å². The normalized spacial score (nSPS) is 15.8. The molecule has 3 heterocycles. The number of ether oxygens (including phenoxy) is 1. The molecule has 1 atom stereocenters. The van der Waals surface area contributed by atoms with Gasteiger partial charge in [0.25, 0.3) is 5.56 Å². The Labute approximate surface area is 206 Å². The van der Waals surface area contributed by atoms with E-state index in [1.807, 2.05) is 24.3 Å². The molecule has 34 heavy (non-hydrogen) atoms. The highest BCUT2D eigenvalue weighted by molar-refractivity contribution is 7.07. The summed E-state index contributed by atoms with van der Waals surface area (Å²) >= 11 is 7.35. The topological polar surface area (TPSA) is 77.0 Å². The molecule has 0 aliphatic carbocycles. The molecule has 0 amide bonds. The number of anilines is 1. The van der Waals surface area contributed by atoms with Crippen molar-refractivity contribution >= 4 is 40.9 Å². The molecule has 9 heteroatoms. The molecule has 0 bridgehead atoms. The average molecular weight is 500 g/mol. The third kappa shape index (κ3) is 4.48. The van der Waals surface area contributed by atoms with Crippen molar-refractivity contribution in [3.8, 4) is 0 Å². The Morgan fingerprint density at radius 2 is 1.91 bits per heavy atom. The second-order valence-corrected chi connectivity index (χ2v) is 9.15. The Morgan fingerprint density at radius 1 is 1.21 bits per heavy atom. The van der Waals surface area contributed by atoms with E-state index in [0.29, 0.717) is 31.4 Å². The lowest BCUT2D eigenvalue weighted by atomic mass is 9.96. The number of nitrogens with zero attached hydrogens (tertiary/aromatic N) is 3. The van der Waals surface area contributed by atoms with Crippen molar-refractivity contribution in [2.45, 2.75) is 33.7 Å². The van der Waals surface area contributed by atoms with Crippen LogP contribution in [0.15, 0.2) is 61.9 Å². The maximum Gasteiger partial charge on any atom is 0.338 e. The Balaban J connectivity index is 1.87. The summed E-state index contributed by atoms with van der Waals surface area (Å²) in [5.74, 6) is 0.841. The Morgan fingerprint density at radius 3 is 2.56 bits per heavy atom. The van der Waals surface area contributed by atoms with Crippen molar-refractivity contribution in [3.63, 3.8) is 0 Å². The lowest BCUT2D eigenvalue weighted by molar-refractivity contribution is -0.139. The third-order valence-corrected chi connectivity index (χ3v) is 6.90. The smallest absolute Gasteiger partial charge is 0.338 e. The zero-order chi connectivity index (χ0) is 24.4. The molecule has 2 aromatic heterocycles. The lowest BCUT2D eigenvalue weighted by Crippen LogP contribution is -2.39. The summed E-state index contributed by atoms with van der Waals surface area (Å²) in [5, 5.41) is 0.566. The zero-order valence-corrected chi connectivity index (χ0v) is 21.1. The summed E-state index contributed by atoms with van der Waals surface area (Å²) in [6.07, 6.45) is 1.72. The predicted molar refractivity (Wildman–Crippen MR) is 134 cm³/mol. The minimum atomic E-state index is -0.669. The van der Waals surface area contributed by atoms with Crippen LogP contribution < -0.4 is 19.8 Å². The van der Waals surface area contributed by atoms with E-state index in [2.05, 4.69) is 23.7 Å². The molecule has 7 nitrogen and oxygen atoms in total. The molecule has 0 saturated heterocycles. The molecule has 1 aromatic carbocycles. The highest BCUT2D eigenvalue weighted by Gasteiger charge is 2.33. The summed E-state index contributed by atoms with van der Waals surface area (Å²) in [5.41, 5.74) is 1.35. The summed E-state index contributed by atoms with van der Waals surface area (Å²) < 4.78 is 13.3. The number of fused-ring (bicyclic) bond motifs is 1. The molecule has 0 spiro atoms. The van der Waals surface area contributed by atoms with E-state index in [4.69, 9.17) is 20.8 Å². The highest BCUT2D eigenvalue weighted by Crippen LogP contribution is 2.31. The van der Waals surface area contributed by atoms with Gasteiger partial charge in [-0.1, -0.05) is 35.1 Å². The first-order chi connectivity index (χ1) is 16.4. The number of carbonyl (C=O) groups excluding carboxylic acids is 1. The second kappa shape index (κ2) is 10.0. The minimum Gasteiger partial charge on any atom is -0.463 e. The lowest BCUT2D eigenvalue weighted by Gasteiger charge is -2.24. The van der Waals surface area contributed by atoms with Crippen LogP contribution in [0.2, 0.25) is 5.02 Å². The van der Waals surface area contributed by atoms with Gasteiger partial charge in [0, 0.05) is 30.3 Å². The number of benzene rings is 1. The van der Waals surface area contributed by atoms with Gasteiger partial charge >= 0.3 is 5.97 Å². The molecule has 178 valence electrons. The average Bonchev–Trinajstić information content (AvgIpc) is 3.39. The number of hydrogen-bond donors (Lipinski definition) is 0. The first-order valence-electron chi connectivity index (χ1n) is 11.2. The molecule has 1 aliphatic rings. The van der Waals surface area contributed by atoms with E-state index in [1.165, 1.54) is 11.3 Å². The van der Waals surface area contributed by atoms with E-state index < -0.39 is 12.0 Å². The van der Waals surface area contributed by atoms with E-state index >= 15 is 0 Å². The molecular formula is C25H26ClN3O4S. The number of esters is 1. The monoisotopic (exact) mass is 499 g/mol. The standard InChI is InChI=1S/C25H26ClN3O4S/c1-5-28(6-2)20-13-12-18(33-20)14-19-23(30)29-22(16-8-10-17(26)11-9-16)21(24(31)32-7-3)15(4)27-25(29)34-19/h8-14,22H,5-7H2,1-4H3/t22-/m1/s1. The molecule has 3 aromatic rings. The number of rotatable bonds is 7. The molecule has 0 saturated carbocycles. The van der Waals surface area contributed by atoms with E-state index in [9.17, 15) is 9.59 Å². The van der Waals surface area contributed by atoms with Crippen LogP contribution in [-0.4, -0.2) is 30.2 Å². The molecule has 4 rings (SSSR count).